The Hall–Kier alpha value is -3.92. The van der Waals surface area contributed by atoms with Crippen molar-refractivity contribution in [3.63, 3.8) is 0 Å². The van der Waals surface area contributed by atoms with E-state index in [9.17, 15) is 14.7 Å². The second kappa shape index (κ2) is 9.62. The molecule has 1 aliphatic carbocycles. The number of aryl methyl sites for hydroxylation is 1. The van der Waals surface area contributed by atoms with E-state index in [1.54, 1.807) is 40.0 Å². The first-order chi connectivity index (χ1) is 19.0. The third kappa shape index (κ3) is 4.81. The predicted molar refractivity (Wildman–Crippen MR) is 152 cm³/mol. The van der Waals surface area contributed by atoms with Gasteiger partial charge in [-0.3, -0.25) is 4.79 Å². The summed E-state index contributed by atoms with van der Waals surface area (Å²) in [7, 11) is 3.65. The highest BCUT2D eigenvalue weighted by Crippen LogP contribution is 2.36. The number of likely N-dealkylation sites (tertiary alicyclic amines) is 1. The number of β-amino-alcohol motifs (C(OH)–C–C–N with tert-alkyl or cyclic N) is 1. The molecular weight excluding hydrogens is 508 g/mol. The predicted octanol–water partition coefficient (Wildman–Crippen LogP) is 4.05. The van der Waals surface area contributed by atoms with Crippen LogP contribution in [0.3, 0.4) is 0 Å². The molecule has 4 heterocycles. The number of pyridine rings is 1. The number of aliphatic hydroxyl groups excluding tert-OH is 1. The number of imidazole rings is 1. The van der Waals surface area contributed by atoms with Crippen LogP contribution in [0.1, 0.15) is 44.0 Å². The lowest BCUT2D eigenvalue weighted by Gasteiger charge is -2.27. The van der Waals surface area contributed by atoms with Crippen LogP contribution in [0, 0.1) is 5.92 Å². The highest BCUT2D eigenvalue weighted by atomic mass is 16.6. The zero-order chi connectivity index (χ0) is 28.3. The van der Waals surface area contributed by atoms with Gasteiger partial charge in [0.2, 0.25) is 0 Å². The lowest BCUT2D eigenvalue weighted by molar-refractivity contribution is 0.0268. The number of benzene rings is 1. The summed E-state index contributed by atoms with van der Waals surface area (Å²) in [6.45, 7) is 6.63. The van der Waals surface area contributed by atoms with E-state index < -0.39 is 23.8 Å². The van der Waals surface area contributed by atoms with E-state index in [0.29, 0.717) is 11.5 Å². The van der Waals surface area contributed by atoms with Crippen LogP contribution in [0.15, 0.2) is 42.6 Å². The largest absolute Gasteiger partial charge is 0.444 e. The number of amides is 2. The molecule has 1 aliphatic heterocycles. The number of aliphatic hydroxyl groups is 1. The molecule has 2 atom stereocenters. The van der Waals surface area contributed by atoms with Crippen LogP contribution in [-0.2, 0) is 18.3 Å². The first-order valence-corrected chi connectivity index (χ1v) is 13.8. The van der Waals surface area contributed by atoms with Crippen LogP contribution in [0.25, 0.3) is 33.6 Å². The van der Waals surface area contributed by atoms with E-state index in [1.807, 2.05) is 25.4 Å². The van der Waals surface area contributed by atoms with Crippen LogP contribution in [0.5, 0.6) is 0 Å². The van der Waals surface area contributed by atoms with Crippen molar-refractivity contribution in [2.24, 2.45) is 13.0 Å². The number of rotatable bonds is 5. The fourth-order valence-electron chi connectivity index (χ4n) is 5.56. The van der Waals surface area contributed by atoms with Crippen molar-refractivity contribution in [1.82, 2.24) is 28.9 Å². The fraction of sp³-hybridized carbons (Fsp3) is 0.467. The number of nitrogens with zero attached hydrogens (tertiary/aromatic N) is 6. The van der Waals surface area contributed by atoms with Crippen molar-refractivity contribution in [3.05, 3.63) is 48.2 Å². The van der Waals surface area contributed by atoms with E-state index in [2.05, 4.69) is 26.3 Å². The minimum atomic E-state index is -0.867. The van der Waals surface area contributed by atoms with Gasteiger partial charge in [-0.1, -0.05) is 0 Å². The quantitative estimate of drug-likeness (QED) is 0.406. The van der Waals surface area contributed by atoms with E-state index in [-0.39, 0.29) is 19.0 Å². The smallest absolute Gasteiger partial charge is 0.410 e. The number of likely N-dealkylation sites (N-methyl/N-ethyl adjacent to an activating group) is 1. The normalized spacial score (nSPS) is 19.5. The summed E-state index contributed by atoms with van der Waals surface area (Å²) in [4.78, 5) is 38.6. The maximum atomic E-state index is 13.5. The van der Waals surface area contributed by atoms with Gasteiger partial charge in [0.05, 0.1) is 35.4 Å². The van der Waals surface area contributed by atoms with Crippen molar-refractivity contribution >= 4 is 34.1 Å². The second-order valence-electron chi connectivity index (χ2n) is 12.1. The molecule has 1 saturated carbocycles. The molecular formula is C30H36N6O4. The Bertz CT molecular complexity index is 1610. The number of hydrogen-bond donors (Lipinski definition) is 1. The summed E-state index contributed by atoms with van der Waals surface area (Å²) >= 11 is 0. The third-order valence-electron chi connectivity index (χ3n) is 7.88. The van der Waals surface area contributed by atoms with E-state index in [0.717, 1.165) is 40.1 Å². The Balaban J connectivity index is 1.27. The van der Waals surface area contributed by atoms with Gasteiger partial charge in [-0.25, -0.2) is 14.8 Å². The lowest BCUT2D eigenvalue weighted by Crippen LogP contribution is -2.44. The lowest BCUT2D eigenvalue weighted by atomic mass is 10.1. The highest BCUT2D eigenvalue weighted by molar-refractivity contribution is 5.98. The van der Waals surface area contributed by atoms with Crippen molar-refractivity contribution in [3.8, 4) is 11.5 Å². The number of aromatic nitrogens is 4. The number of hydrogen-bond acceptors (Lipinski definition) is 6. The molecule has 210 valence electrons. The topological polar surface area (TPSA) is 106 Å². The summed E-state index contributed by atoms with van der Waals surface area (Å²) in [6.07, 6.45) is 2.94. The molecule has 0 unspecified atom stereocenters. The third-order valence-corrected chi connectivity index (χ3v) is 7.88. The molecule has 10 nitrogen and oxygen atoms in total. The fourth-order valence-corrected chi connectivity index (χ4v) is 5.56. The van der Waals surface area contributed by atoms with Crippen molar-refractivity contribution < 1.29 is 19.4 Å². The van der Waals surface area contributed by atoms with Gasteiger partial charge in [0.1, 0.15) is 11.2 Å². The van der Waals surface area contributed by atoms with Gasteiger partial charge in [-0.15, -0.1) is 0 Å². The Morgan fingerprint density at radius 1 is 1.15 bits per heavy atom. The number of fused-ring (bicyclic) bond motifs is 2. The first-order valence-electron chi connectivity index (χ1n) is 13.8. The zero-order valence-electron chi connectivity index (χ0n) is 23.7. The summed E-state index contributed by atoms with van der Waals surface area (Å²) < 4.78 is 9.78. The van der Waals surface area contributed by atoms with Crippen molar-refractivity contribution in [2.75, 3.05) is 20.1 Å². The van der Waals surface area contributed by atoms with Crippen molar-refractivity contribution in [2.45, 2.75) is 57.9 Å². The van der Waals surface area contributed by atoms with Gasteiger partial charge in [-0.2, -0.15) is 0 Å². The summed E-state index contributed by atoms with van der Waals surface area (Å²) in [5, 5.41) is 11.8. The van der Waals surface area contributed by atoms with Gasteiger partial charge in [0.15, 0.2) is 5.82 Å². The Morgan fingerprint density at radius 2 is 1.93 bits per heavy atom. The molecule has 6 rings (SSSR count). The number of ether oxygens (including phenoxy) is 1. The molecule has 3 aromatic heterocycles. The average molecular weight is 545 g/mol. The second-order valence-corrected chi connectivity index (χ2v) is 12.1. The van der Waals surface area contributed by atoms with Gasteiger partial charge in [0, 0.05) is 44.3 Å². The highest BCUT2D eigenvalue weighted by Gasteiger charge is 2.40. The Labute approximate surface area is 233 Å². The van der Waals surface area contributed by atoms with Crippen LogP contribution in [0.2, 0.25) is 0 Å². The Kier molecular flexibility index (Phi) is 6.33. The van der Waals surface area contributed by atoms with Crippen LogP contribution < -0.4 is 0 Å². The molecule has 1 N–H and O–H groups in total. The Morgan fingerprint density at radius 3 is 2.65 bits per heavy atom. The maximum absolute atomic E-state index is 13.5. The number of carbonyl (C=O) groups excluding carboxylic acids is 2. The summed E-state index contributed by atoms with van der Waals surface area (Å²) in [5.74, 6) is 1.25. The van der Waals surface area contributed by atoms with Crippen LogP contribution in [0.4, 0.5) is 4.79 Å². The number of carbonyl (C=O) groups is 2. The molecule has 0 bridgehead atoms. The first kappa shape index (κ1) is 26.3. The van der Waals surface area contributed by atoms with Gasteiger partial charge >= 0.3 is 6.09 Å². The molecule has 10 heteroatoms. The average Bonchev–Trinajstić information content (AvgIpc) is 3.41. The molecule has 2 aliphatic rings. The summed E-state index contributed by atoms with van der Waals surface area (Å²) in [5.41, 5.74) is 3.45. The van der Waals surface area contributed by atoms with E-state index >= 15 is 0 Å². The van der Waals surface area contributed by atoms with Gasteiger partial charge in [-0.05, 0) is 75.9 Å². The molecule has 0 spiro atoms. The monoisotopic (exact) mass is 544 g/mol. The van der Waals surface area contributed by atoms with E-state index in [1.165, 1.54) is 22.6 Å². The maximum Gasteiger partial charge on any atom is 0.410 e. The molecule has 0 radical (unpaired) electrons. The van der Waals surface area contributed by atoms with Crippen LogP contribution in [-0.4, -0.2) is 83.9 Å². The minimum Gasteiger partial charge on any atom is -0.444 e. The van der Waals surface area contributed by atoms with Crippen LogP contribution >= 0.6 is 0 Å². The SMILES string of the molecule is CN(C(=O)c1ccc2c(c1)nc(-c1cc3cccnc3n1CC1CC1)n2C)[C@H]1CN(C(=O)OC(C)(C)C)C[C@H]1O. The van der Waals surface area contributed by atoms with Gasteiger partial charge < -0.3 is 28.8 Å². The summed E-state index contributed by atoms with van der Waals surface area (Å²) in [6, 6.07) is 11.1. The molecule has 1 saturated heterocycles. The van der Waals surface area contributed by atoms with Crippen molar-refractivity contribution in [1.29, 1.82) is 0 Å². The standard InChI is InChI=1S/C30H36N6O4/c1-30(2,3)40-29(39)35-16-24(25(37)17-35)34(5)28(38)20-10-11-22-21(13-20)32-27(33(22)4)23-14-19-7-6-12-31-26(19)36(23)15-18-8-9-18/h6-7,10-14,18,24-25,37H,8-9,15-17H2,1-5H3/t24-,25+/m0/s1. The minimum absolute atomic E-state index is 0.115. The zero-order valence-corrected chi connectivity index (χ0v) is 23.7. The molecule has 2 fully saturated rings. The molecule has 40 heavy (non-hydrogen) atoms. The molecule has 4 aromatic rings. The molecule has 2 amide bonds. The molecule has 1 aromatic carbocycles. The van der Waals surface area contributed by atoms with Gasteiger partial charge in [0.25, 0.3) is 5.91 Å². The van der Waals surface area contributed by atoms with E-state index in [4.69, 9.17) is 9.72 Å².